The van der Waals surface area contributed by atoms with Gasteiger partial charge < -0.3 is 5.32 Å². The predicted octanol–water partition coefficient (Wildman–Crippen LogP) is 3.14. The fourth-order valence-electron chi connectivity index (χ4n) is 2.24. The number of aryl methyl sites for hydroxylation is 1. The Labute approximate surface area is 104 Å². The van der Waals surface area contributed by atoms with Gasteiger partial charge in [0.1, 0.15) is 0 Å². The largest absolute Gasteiger partial charge is 0.307 e. The van der Waals surface area contributed by atoms with Crippen LogP contribution in [0.3, 0.4) is 0 Å². The number of nitrogens with zero attached hydrogens (tertiary/aromatic N) is 1. The van der Waals surface area contributed by atoms with Gasteiger partial charge in [0, 0.05) is 12.1 Å². The van der Waals surface area contributed by atoms with E-state index in [0.717, 1.165) is 18.0 Å². The highest BCUT2D eigenvalue weighted by molar-refractivity contribution is 5.37. The molecule has 17 heavy (non-hydrogen) atoms. The van der Waals surface area contributed by atoms with E-state index in [1.807, 2.05) is 12.1 Å². The molecule has 1 N–H and O–H groups in total. The van der Waals surface area contributed by atoms with Crippen molar-refractivity contribution in [3.63, 3.8) is 0 Å². The van der Waals surface area contributed by atoms with Gasteiger partial charge in [0.25, 0.3) is 0 Å². The third kappa shape index (κ3) is 2.87. The molecule has 1 aliphatic rings. The molecule has 0 unspecified atom stereocenters. The standard InChI is InChI=1S/C15H20N2/c1-11-8-12(9-16)4-5-13(11)10-17-15(2,3)14-6-7-14/h4-5,8,14,17H,6-7,10H2,1-3H3. The quantitative estimate of drug-likeness (QED) is 0.859. The van der Waals surface area contributed by atoms with Gasteiger partial charge in [-0.05, 0) is 62.8 Å². The summed E-state index contributed by atoms with van der Waals surface area (Å²) >= 11 is 0. The van der Waals surface area contributed by atoms with E-state index in [9.17, 15) is 0 Å². The first-order valence-electron chi connectivity index (χ1n) is 6.27. The van der Waals surface area contributed by atoms with Gasteiger partial charge in [0.2, 0.25) is 0 Å². The number of nitrogens with one attached hydrogen (secondary N) is 1. The summed E-state index contributed by atoms with van der Waals surface area (Å²) in [6.07, 6.45) is 2.71. The van der Waals surface area contributed by atoms with Crippen LogP contribution in [0.15, 0.2) is 18.2 Å². The van der Waals surface area contributed by atoms with Crippen molar-refractivity contribution in [1.82, 2.24) is 5.32 Å². The minimum Gasteiger partial charge on any atom is -0.307 e. The predicted molar refractivity (Wildman–Crippen MR) is 69.5 cm³/mol. The molecule has 1 fully saturated rings. The molecule has 1 aromatic rings. The molecule has 0 aromatic heterocycles. The van der Waals surface area contributed by atoms with Crippen LogP contribution in [0.5, 0.6) is 0 Å². The molecule has 0 bridgehead atoms. The Balaban J connectivity index is 2.02. The van der Waals surface area contributed by atoms with Gasteiger partial charge in [-0.15, -0.1) is 0 Å². The van der Waals surface area contributed by atoms with Crippen molar-refractivity contribution < 1.29 is 0 Å². The van der Waals surface area contributed by atoms with E-state index < -0.39 is 0 Å². The van der Waals surface area contributed by atoms with Gasteiger partial charge in [-0.3, -0.25) is 0 Å². The summed E-state index contributed by atoms with van der Waals surface area (Å²) in [5, 5.41) is 12.5. The molecular formula is C15H20N2. The van der Waals surface area contributed by atoms with Crippen molar-refractivity contribution in [1.29, 1.82) is 5.26 Å². The summed E-state index contributed by atoms with van der Waals surface area (Å²) < 4.78 is 0. The molecule has 1 aliphatic carbocycles. The maximum absolute atomic E-state index is 8.83. The average molecular weight is 228 g/mol. The lowest BCUT2D eigenvalue weighted by Gasteiger charge is -2.26. The average Bonchev–Trinajstić information content (AvgIpc) is 3.11. The highest BCUT2D eigenvalue weighted by atomic mass is 15.0. The van der Waals surface area contributed by atoms with Gasteiger partial charge in [0.05, 0.1) is 11.6 Å². The zero-order valence-electron chi connectivity index (χ0n) is 10.9. The summed E-state index contributed by atoms with van der Waals surface area (Å²) in [7, 11) is 0. The smallest absolute Gasteiger partial charge is 0.0991 e. The van der Waals surface area contributed by atoms with Gasteiger partial charge in [-0.25, -0.2) is 0 Å². The molecule has 90 valence electrons. The fourth-order valence-corrected chi connectivity index (χ4v) is 2.24. The van der Waals surface area contributed by atoms with Crippen LogP contribution in [-0.2, 0) is 6.54 Å². The monoisotopic (exact) mass is 228 g/mol. The van der Waals surface area contributed by atoms with Crippen molar-refractivity contribution in [2.45, 2.75) is 45.7 Å². The van der Waals surface area contributed by atoms with E-state index in [1.165, 1.54) is 24.0 Å². The Morgan fingerprint density at radius 3 is 2.65 bits per heavy atom. The number of nitriles is 1. The Morgan fingerprint density at radius 2 is 2.12 bits per heavy atom. The molecule has 0 atom stereocenters. The van der Waals surface area contributed by atoms with E-state index in [-0.39, 0.29) is 5.54 Å². The van der Waals surface area contributed by atoms with Crippen LogP contribution >= 0.6 is 0 Å². The summed E-state index contributed by atoms with van der Waals surface area (Å²) in [6, 6.07) is 8.09. The first kappa shape index (κ1) is 12.1. The molecule has 2 nitrogen and oxygen atoms in total. The van der Waals surface area contributed by atoms with Crippen molar-refractivity contribution in [3.05, 3.63) is 34.9 Å². The number of hydrogen-bond acceptors (Lipinski definition) is 2. The van der Waals surface area contributed by atoms with Crippen LogP contribution < -0.4 is 5.32 Å². The van der Waals surface area contributed by atoms with E-state index in [4.69, 9.17) is 5.26 Å². The van der Waals surface area contributed by atoms with Crippen LogP contribution in [-0.4, -0.2) is 5.54 Å². The number of hydrogen-bond donors (Lipinski definition) is 1. The second-order valence-corrected chi connectivity index (χ2v) is 5.60. The normalized spacial score (nSPS) is 15.6. The third-order valence-electron chi connectivity index (χ3n) is 3.80. The van der Waals surface area contributed by atoms with Gasteiger partial charge in [0.15, 0.2) is 0 Å². The first-order chi connectivity index (χ1) is 8.03. The van der Waals surface area contributed by atoms with Crippen molar-refractivity contribution >= 4 is 0 Å². The maximum atomic E-state index is 8.83. The minimum absolute atomic E-state index is 0.236. The summed E-state index contributed by atoms with van der Waals surface area (Å²) in [5.74, 6) is 0.834. The Bertz CT molecular complexity index is 450. The molecule has 0 radical (unpaired) electrons. The first-order valence-corrected chi connectivity index (χ1v) is 6.27. The third-order valence-corrected chi connectivity index (χ3v) is 3.80. The lowest BCUT2D eigenvalue weighted by molar-refractivity contribution is 0.339. The number of benzene rings is 1. The lowest BCUT2D eigenvalue weighted by atomic mass is 9.97. The van der Waals surface area contributed by atoms with Crippen LogP contribution in [0.4, 0.5) is 0 Å². The number of rotatable bonds is 4. The zero-order valence-corrected chi connectivity index (χ0v) is 10.9. The zero-order chi connectivity index (χ0) is 12.5. The van der Waals surface area contributed by atoms with Crippen molar-refractivity contribution in [2.75, 3.05) is 0 Å². The molecule has 1 saturated carbocycles. The Hall–Kier alpha value is -1.33. The second-order valence-electron chi connectivity index (χ2n) is 5.60. The minimum atomic E-state index is 0.236. The Morgan fingerprint density at radius 1 is 1.41 bits per heavy atom. The van der Waals surface area contributed by atoms with E-state index in [0.29, 0.717) is 0 Å². The molecule has 1 aromatic carbocycles. The molecule has 0 amide bonds. The van der Waals surface area contributed by atoms with Crippen LogP contribution in [0.25, 0.3) is 0 Å². The van der Waals surface area contributed by atoms with Gasteiger partial charge >= 0.3 is 0 Å². The fraction of sp³-hybridized carbons (Fsp3) is 0.533. The Kier molecular flexibility index (Phi) is 3.22. The SMILES string of the molecule is Cc1cc(C#N)ccc1CNC(C)(C)C1CC1. The van der Waals surface area contributed by atoms with E-state index in [2.05, 4.69) is 38.2 Å². The maximum Gasteiger partial charge on any atom is 0.0991 e. The molecule has 0 spiro atoms. The molecule has 2 rings (SSSR count). The highest BCUT2D eigenvalue weighted by Crippen LogP contribution is 2.39. The van der Waals surface area contributed by atoms with Crippen molar-refractivity contribution in [3.8, 4) is 6.07 Å². The summed E-state index contributed by atoms with van der Waals surface area (Å²) in [4.78, 5) is 0. The second kappa shape index (κ2) is 4.50. The van der Waals surface area contributed by atoms with Crippen LogP contribution in [0, 0.1) is 24.2 Å². The van der Waals surface area contributed by atoms with Crippen LogP contribution in [0.1, 0.15) is 43.4 Å². The summed E-state index contributed by atoms with van der Waals surface area (Å²) in [5.41, 5.74) is 3.47. The van der Waals surface area contributed by atoms with Crippen LogP contribution in [0.2, 0.25) is 0 Å². The van der Waals surface area contributed by atoms with E-state index in [1.54, 1.807) is 0 Å². The topological polar surface area (TPSA) is 35.8 Å². The molecule has 0 heterocycles. The highest BCUT2D eigenvalue weighted by Gasteiger charge is 2.37. The molecular weight excluding hydrogens is 208 g/mol. The molecule has 0 saturated heterocycles. The van der Waals surface area contributed by atoms with Crippen molar-refractivity contribution in [2.24, 2.45) is 5.92 Å². The lowest BCUT2D eigenvalue weighted by Crippen LogP contribution is -2.40. The van der Waals surface area contributed by atoms with E-state index >= 15 is 0 Å². The molecule has 2 heteroatoms. The summed E-state index contributed by atoms with van der Waals surface area (Å²) in [6.45, 7) is 7.52. The molecule has 0 aliphatic heterocycles. The van der Waals surface area contributed by atoms with Gasteiger partial charge in [-0.2, -0.15) is 5.26 Å². The van der Waals surface area contributed by atoms with Gasteiger partial charge in [-0.1, -0.05) is 6.07 Å².